The number of aliphatic hydroxyl groups is 1. The highest BCUT2D eigenvalue weighted by Gasteiger charge is 2.23. The lowest BCUT2D eigenvalue weighted by atomic mass is 10.0. The number of hydrogen-bond donors (Lipinski definition) is 2. The van der Waals surface area contributed by atoms with Gasteiger partial charge in [0.25, 0.3) is 7.82 Å². The maximum Gasteiger partial charge on any atom is 0.268 e. The zero-order valence-electron chi connectivity index (χ0n) is 43.0. The van der Waals surface area contributed by atoms with E-state index in [4.69, 9.17) is 9.05 Å². The van der Waals surface area contributed by atoms with E-state index in [0.717, 1.165) is 44.9 Å². The molecule has 64 heavy (non-hydrogen) atoms. The van der Waals surface area contributed by atoms with E-state index in [2.05, 4.69) is 43.5 Å². The van der Waals surface area contributed by atoms with E-state index in [1.807, 2.05) is 27.2 Å². The molecule has 0 aliphatic rings. The lowest BCUT2D eigenvalue weighted by Crippen LogP contribution is -2.45. The van der Waals surface area contributed by atoms with Gasteiger partial charge in [-0.2, -0.15) is 0 Å². The van der Waals surface area contributed by atoms with Crippen molar-refractivity contribution in [1.82, 2.24) is 5.32 Å². The number of likely N-dealkylation sites (N-methyl/N-ethyl adjacent to an activating group) is 1. The Balaban J connectivity index is 4.29. The number of carbonyl (C=O) groups excluding carboxylic acids is 1. The van der Waals surface area contributed by atoms with Crippen molar-refractivity contribution in [1.29, 1.82) is 0 Å². The molecule has 1 amide bonds. The van der Waals surface area contributed by atoms with Crippen LogP contribution in [0, 0.1) is 0 Å². The fourth-order valence-corrected chi connectivity index (χ4v) is 8.73. The Kier molecular flexibility index (Phi) is 45.9. The van der Waals surface area contributed by atoms with E-state index in [-0.39, 0.29) is 12.5 Å². The topological polar surface area (TPSA) is 108 Å². The van der Waals surface area contributed by atoms with Crippen LogP contribution in [0.15, 0.2) is 36.5 Å². The van der Waals surface area contributed by atoms with Gasteiger partial charge in [0.05, 0.1) is 39.9 Å². The van der Waals surface area contributed by atoms with E-state index < -0.39 is 26.6 Å². The standard InChI is InChI=1S/C55H107N2O6P/c1-6-8-10-12-14-16-18-20-22-24-25-26-27-28-29-30-31-32-33-34-36-38-40-42-44-46-48-54(58)53(52-63-64(60,61)62-51-50-57(3,4)5)56-55(59)49-47-45-43-41-39-37-35-23-21-19-17-15-13-11-9-7-2/h32-33,38,40,46,48,53-54,58H,6-31,34-37,39,41-45,47,49-52H2,1-5H3,(H-,56,59,60,61)/b33-32+,40-38+,48-46+. The van der Waals surface area contributed by atoms with Gasteiger partial charge in [0, 0.05) is 6.42 Å². The molecule has 0 fully saturated rings. The van der Waals surface area contributed by atoms with Gasteiger partial charge in [-0.05, 0) is 44.9 Å². The van der Waals surface area contributed by atoms with Crippen molar-refractivity contribution >= 4 is 13.7 Å². The molecule has 0 saturated carbocycles. The molecule has 0 rings (SSSR count). The van der Waals surface area contributed by atoms with Crippen LogP contribution in [-0.2, 0) is 18.4 Å². The highest BCUT2D eigenvalue weighted by atomic mass is 31.2. The van der Waals surface area contributed by atoms with Crippen LogP contribution in [0.5, 0.6) is 0 Å². The van der Waals surface area contributed by atoms with Crippen LogP contribution in [0.4, 0.5) is 0 Å². The second-order valence-corrected chi connectivity index (χ2v) is 21.3. The Morgan fingerprint density at radius 3 is 1.27 bits per heavy atom. The van der Waals surface area contributed by atoms with Crippen LogP contribution < -0.4 is 10.2 Å². The number of carbonyl (C=O) groups is 1. The zero-order chi connectivity index (χ0) is 47.1. The van der Waals surface area contributed by atoms with Crippen molar-refractivity contribution in [3.8, 4) is 0 Å². The first kappa shape index (κ1) is 62.7. The first-order chi connectivity index (χ1) is 31.0. The summed E-state index contributed by atoms with van der Waals surface area (Å²) in [6, 6.07) is -0.907. The van der Waals surface area contributed by atoms with Crippen LogP contribution in [0.1, 0.15) is 258 Å². The second kappa shape index (κ2) is 46.8. The summed E-state index contributed by atoms with van der Waals surface area (Å²) in [6.45, 7) is 4.65. The molecule has 3 atom stereocenters. The largest absolute Gasteiger partial charge is 0.756 e. The minimum Gasteiger partial charge on any atom is -0.756 e. The van der Waals surface area contributed by atoms with Gasteiger partial charge in [-0.3, -0.25) is 9.36 Å². The lowest BCUT2D eigenvalue weighted by Gasteiger charge is -2.29. The van der Waals surface area contributed by atoms with Crippen LogP contribution in [0.2, 0.25) is 0 Å². The summed E-state index contributed by atoms with van der Waals surface area (Å²) < 4.78 is 23.3. The van der Waals surface area contributed by atoms with Gasteiger partial charge in [-0.25, -0.2) is 0 Å². The molecule has 0 radical (unpaired) electrons. The van der Waals surface area contributed by atoms with E-state index in [0.29, 0.717) is 17.4 Å². The molecule has 9 heteroatoms. The molecular weight excluding hydrogens is 816 g/mol. The van der Waals surface area contributed by atoms with Crippen LogP contribution in [-0.4, -0.2) is 68.5 Å². The average molecular weight is 923 g/mol. The SMILES string of the molecule is CCCCCCCCCCCCCCCCCC/C=C/CC/C=C/CC/C=C/C(O)C(COP(=O)([O-])OCC[N+](C)(C)C)NC(=O)CCCCCCCCCCCCCCCCCC. The normalized spacial score (nSPS) is 14.3. The molecule has 0 bridgehead atoms. The third kappa shape index (κ3) is 48.6. The minimum absolute atomic E-state index is 0.00753. The van der Waals surface area contributed by atoms with Crippen LogP contribution in [0.3, 0.4) is 0 Å². The van der Waals surface area contributed by atoms with E-state index in [1.54, 1.807) is 6.08 Å². The molecule has 0 spiro atoms. The fourth-order valence-electron chi connectivity index (χ4n) is 8.01. The van der Waals surface area contributed by atoms with Gasteiger partial charge in [-0.15, -0.1) is 0 Å². The number of quaternary nitrogens is 1. The quantitative estimate of drug-likeness (QED) is 0.0272. The summed E-state index contributed by atoms with van der Waals surface area (Å²) in [4.78, 5) is 25.4. The fraction of sp³-hybridized carbons (Fsp3) is 0.873. The second-order valence-electron chi connectivity index (χ2n) is 19.9. The van der Waals surface area contributed by atoms with Crippen molar-refractivity contribution in [2.45, 2.75) is 270 Å². The summed E-state index contributed by atoms with van der Waals surface area (Å²) in [6.07, 6.45) is 59.3. The Morgan fingerprint density at radius 1 is 0.531 bits per heavy atom. The molecule has 378 valence electrons. The number of unbranched alkanes of at least 4 members (excludes halogenated alkanes) is 33. The molecule has 0 aliphatic heterocycles. The summed E-state index contributed by atoms with van der Waals surface area (Å²) in [5.74, 6) is -0.208. The number of phosphoric acid groups is 1. The highest BCUT2D eigenvalue weighted by Crippen LogP contribution is 2.38. The molecule has 0 aromatic rings. The van der Waals surface area contributed by atoms with Gasteiger partial charge in [0.15, 0.2) is 0 Å². The molecule has 0 aromatic carbocycles. The van der Waals surface area contributed by atoms with E-state index in [1.165, 1.54) is 193 Å². The molecule has 0 heterocycles. The predicted molar refractivity (Wildman–Crippen MR) is 275 cm³/mol. The van der Waals surface area contributed by atoms with E-state index in [9.17, 15) is 19.4 Å². The van der Waals surface area contributed by atoms with Crippen LogP contribution >= 0.6 is 7.82 Å². The number of allylic oxidation sites excluding steroid dienone is 5. The maximum absolute atomic E-state index is 12.9. The predicted octanol–water partition coefficient (Wildman–Crippen LogP) is 15.6. The average Bonchev–Trinajstić information content (AvgIpc) is 3.25. The van der Waals surface area contributed by atoms with Gasteiger partial charge in [0.2, 0.25) is 5.91 Å². The number of nitrogens with one attached hydrogen (secondary N) is 1. The third-order valence-electron chi connectivity index (χ3n) is 12.3. The number of amides is 1. The van der Waals surface area contributed by atoms with Gasteiger partial charge >= 0.3 is 0 Å². The molecule has 0 aromatic heterocycles. The Morgan fingerprint density at radius 2 is 0.875 bits per heavy atom. The maximum atomic E-state index is 12.9. The number of nitrogens with zero attached hydrogens (tertiary/aromatic N) is 1. The molecular formula is C55H107N2O6P. The minimum atomic E-state index is -4.60. The van der Waals surface area contributed by atoms with Crippen molar-refractivity contribution in [3.05, 3.63) is 36.5 Å². The van der Waals surface area contributed by atoms with Crippen molar-refractivity contribution in [2.75, 3.05) is 40.9 Å². The highest BCUT2D eigenvalue weighted by molar-refractivity contribution is 7.45. The summed E-state index contributed by atoms with van der Waals surface area (Å²) in [5.41, 5.74) is 0. The van der Waals surface area contributed by atoms with Gasteiger partial charge in [0.1, 0.15) is 13.2 Å². The molecule has 0 saturated heterocycles. The molecule has 0 aliphatic carbocycles. The number of hydrogen-bond acceptors (Lipinski definition) is 6. The third-order valence-corrected chi connectivity index (χ3v) is 13.3. The van der Waals surface area contributed by atoms with Gasteiger partial charge in [-0.1, -0.05) is 243 Å². The Bertz CT molecular complexity index is 1140. The first-order valence-electron chi connectivity index (χ1n) is 27.4. The molecule has 3 unspecified atom stereocenters. The van der Waals surface area contributed by atoms with Crippen molar-refractivity contribution in [2.24, 2.45) is 0 Å². The summed E-state index contributed by atoms with van der Waals surface area (Å²) >= 11 is 0. The molecule has 8 nitrogen and oxygen atoms in total. The van der Waals surface area contributed by atoms with Crippen molar-refractivity contribution < 1.29 is 32.9 Å². The van der Waals surface area contributed by atoms with Crippen LogP contribution in [0.25, 0.3) is 0 Å². The molecule has 2 N–H and O–H groups in total. The first-order valence-corrected chi connectivity index (χ1v) is 28.8. The number of aliphatic hydroxyl groups excluding tert-OH is 1. The van der Waals surface area contributed by atoms with Gasteiger partial charge < -0.3 is 28.8 Å². The van der Waals surface area contributed by atoms with E-state index >= 15 is 0 Å². The zero-order valence-corrected chi connectivity index (χ0v) is 43.9. The van der Waals surface area contributed by atoms with Crippen molar-refractivity contribution in [3.63, 3.8) is 0 Å². The summed E-state index contributed by atoms with van der Waals surface area (Å²) in [5, 5.41) is 13.8. The number of rotatable bonds is 50. The monoisotopic (exact) mass is 923 g/mol. The summed E-state index contributed by atoms with van der Waals surface area (Å²) in [7, 11) is 1.24. The number of phosphoric ester groups is 1. The Hall–Kier alpha value is -1.28. The smallest absolute Gasteiger partial charge is 0.268 e. The Labute approximate surface area is 397 Å². The lowest BCUT2D eigenvalue weighted by molar-refractivity contribution is -0.870.